The van der Waals surface area contributed by atoms with E-state index in [-0.39, 0.29) is 24.7 Å². The fraction of sp³-hybridized carbons (Fsp3) is 0.292. The second-order valence-electron chi connectivity index (χ2n) is 8.61. The molecular formula is C24H21F3N6O3. The number of urea groups is 1. The van der Waals surface area contributed by atoms with Crippen molar-refractivity contribution in [2.45, 2.75) is 32.4 Å². The van der Waals surface area contributed by atoms with Crippen LogP contribution in [0.4, 0.5) is 18.0 Å². The highest BCUT2D eigenvalue weighted by Gasteiger charge is 2.39. The maximum atomic E-state index is 14.4. The summed E-state index contributed by atoms with van der Waals surface area (Å²) in [5.74, 6) is -1.93. The number of carbonyl (C=O) groups is 2. The van der Waals surface area contributed by atoms with E-state index in [0.717, 1.165) is 12.3 Å². The molecule has 9 nitrogen and oxygen atoms in total. The Morgan fingerprint density at radius 3 is 2.50 bits per heavy atom. The first-order chi connectivity index (χ1) is 17.2. The molecule has 2 aliphatic heterocycles. The minimum atomic E-state index is -0.733. The molecule has 186 valence electrons. The van der Waals surface area contributed by atoms with Crippen LogP contribution in [0.5, 0.6) is 5.75 Å². The van der Waals surface area contributed by atoms with Gasteiger partial charge in [0.15, 0.2) is 23.7 Å². The molecule has 0 saturated carbocycles. The number of benzene rings is 1. The quantitative estimate of drug-likeness (QED) is 0.500. The topological polar surface area (TPSA) is 92.9 Å². The molecule has 2 aromatic heterocycles. The molecule has 5 rings (SSSR count). The molecule has 3 aromatic rings. The first-order valence-electron chi connectivity index (χ1n) is 11.2. The van der Waals surface area contributed by atoms with Gasteiger partial charge in [0.05, 0.1) is 42.3 Å². The fourth-order valence-corrected chi connectivity index (χ4v) is 4.30. The van der Waals surface area contributed by atoms with Crippen LogP contribution in [-0.2, 0) is 0 Å². The zero-order valence-corrected chi connectivity index (χ0v) is 19.4. The Labute approximate surface area is 203 Å². The number of hydrogen-bond acceptors (Lipinski definition) is 6. The van der Waals surface area contributed by atoms with Gasteiger partial charge >= 0.3 is 6.03 Å². The van der Waals surface area contributed by atoms with Gasteiger partial charge in [0.1, 0.15) is 17.7 Å². The number of pyridine rings is 1. The number of likely N-dealkylation sites (tertiary alicyclic amines) is 1. The summed E-state index contributed by atoms with van der Waals surface area (Å²) >= 11 is 0. The van der Waals surface area contributed by atoms with Crippen molar-refractivity contribution in [1.29, 1.82) is 0 Å². The number of hydrogen-bond donors (Lipinski definition) is 0. The van der Waals surface area contributed by atoms with Crippen LogP contribution in [0.25, 0.3) is 5.82 Å². The predicted octanol–water partition coefficient (Wildman–Crippen LogP) is 3.73. The third-order valence-electron chi connectivity index (χ3n) is 6.20. The van der Waals surface area contributed by atoms with Crippen LogP contribution >= 0.6 is 0 Å². The molecule has 36 heavy (non-hydrogen) atoms. The summed E-state index contributed by atoms with van der Waals surface area (Å²) in [5, 5.41) is 9.54. The molecular weight excluding hydrogens is 477 g/mol. The molecule has 0 unspecified atom stereocenters. The lowest BCUT2D eigenvalue weighted by Gasteiger charge is -2.41. The number of aromatic nitrogens is 3. The van der Waals surface area contributed by atoms with Gasteiger partial charge in [0.2, 0.25) is 0 Å². The van der Waals surface area contributed by atoms with Gasteiger partial charge in [-0.25, -0.2) is 32.6 Å². The molecule has 2 aliphatic rings. The number of hydrazone groups is 1. The van der Waals surface area contributed by atoms with Crippen LogP contribution < -0.4 is 4.74 Å². The van der Waals surface area contributed by atoms with Crippen molar-refractivity contribution in [3.05, 3.63) is 70.4 Å². The van der Waals surface area contributed by atoms with E-state index in [1.54, 1.807) is 13.8 Å². The molecule has 0 radical (unpaired) electrons. The van der Waals surface area contributed by atoms with Gasteiger partial charge in [-0.1, -0.05) is 0 Å². The Morgan fingerprint density at radius 2 is 1.83 bits per heavy atom. The van der Waals surface area contributed by atoms with Gasteiger partial charge in [-0.2, -0.15) is 10.2 Å². The number of nitrogens with zero attached hydrogens (tertiary/aromatic N) is 6. The number of rotatable bonds is 5. The SMILES string of the molecule is Cc1nn(-c2cc(OC3CN(C(=O)N4N=CC[C@H]4c4cc(F)cc(F)c4)C3)c(F)cn2)c(C)c1C=O. The van der Waals surface area contributed by atoms with Gasteiger partial charge in [-0.15, -0.1) is 0 Å². The van der Waals surface area contributed by atoms with Crippen molar-refractivity contribution in [3.63, 3.8) is 0 Å². The predicted molar refractivity (Wildman–Crippen MR) is 122 cm³/mol. The van der Waals surface area contributed by atoms with Gasteiger partial charge in [-0.05, 0) is 31.5 Å². The van der Waals surface area contributed by atoms with E-state index < -0.39 is 35.6 Å². The normalized spacial score (nSPS) is 17.4. The zero-order valence-electron chi connectivity index (χ0n) is 19.4. The summed E-state index contributed by atoms with van der Waals surface area (Å²) < 4.78 is 48.9. The fourth-order valence-electron chi connectivity index (χ4n) is 4.30. The summed E-state index contributed by atoms with van der Waals surface area (Å²) in [4.78, 5) is 29.7. The molecule has 12 heteroatoms. The van der Waals surface area contributed by atoms with Gasteiger partial charge < -0.3 is 9.64 Å². The van der Waals surface area contributed by atoms with E-state index in [1.165, 1.54) is 39.0 Å². The Kier molecular flexibility index (Phi) is 5.94. The number of amides is 2. The maximum Gasteiger partial charge on any atom is 0.341 e. The first kappa shape index (κ1) is 23.5. The highest BCUT2D eigenvalue weighted by atomic mass is 19.1. The van der Waals surface area contributed by atoms with Crippen molar-refractivity contribution in [3.8, 4) is 11.6 Å². The summed E-state index contributed by atoms with van der Waals surface area (Å²) in [5.41, 5.74) is 1.82. The summed E-state index contributed by atoms with van der Waals surface area (Å²) in [6.45, 7) is 3.73. The molecule has 1 fully saturated rings. The highest BCUT2D eigenvalue weighted by Crippen LogP contribution is 2.32. The minimum Gasteiger partial charge on any atom is -0.483 e. The third-order valence-corrected chi connectivity index (χ3v) is 6.20. The molecule has 1 saturated heterocycles. The van der Waals surface area contributed by atoms with Crippen molar-refractivity contribution < 1.29 is 27.5 Å². The number of halogens is 3. The maximum absolute atomic E-state index is 14.4. The Hall–Kier alpha value is -4.22. The lowest BCUT2D eigenvalue weighted by molar-refractivity contribution is 0.0256. The zero-order chi connectivity index (χ0) is 25.6. The summed E-state index contributed by atoms with van der Waals surface area (Å²) in [7, 11) is 0. The largest absolute Gasteiger partial charge is 0.483 e. The van der Waals surface area contributed by atoms with Crippen molar-refractivity contribution in [2.24, 2.45) is 5.10 Å². The summed E-state index contributed by atoms with van der Waals surface area (Å²) in [6.07, 6.45) is 3.06. The van der Waals surface area contributed by atoms with Gasteiger partial charge in [-0.3, -0.25) is 4.79 Å². The van der Waals surface area contributed by atoms with Crippen LogP contribution in [0.1, 0.15) is 39.8 Å². The average Bonchev–Trinajstić information content (AvgIpc) is 3.40. The third kappa shape index (κ3) is 4.18. The molecule has 1 aromatic carbocycles. The molecule has 2 amide bonds. The number of ether oxygens (including phenoxy) is 1. The first-order valence-corrected chi connectivity index (χ1v) is 11.2. The smallest absolute Gasteiger partial charge is 0.341 e. The highest BCUT2D eigenvalue weighted by molar-refractivity contribution is 5.79. The second kappa shape index (κ2) is 9.10. The van der Waals surface area contributed by atoms with E-state index >= 15 is 0 Å². The van der Waals surface area contributed by atoms with Crippen LogP contribution in [-0.4, -0.2) is 62.4 Å². The van der Waals surface area contributed by atoms with Gasteiger partial charge in [0, 0.05) is 24.8 Å². The Morgan fingerprint density at radius 1 is 1.11 bits per heavy atom. The second-order valence-corrected chi connectivity index (χ2v) is 8.61. The van der Waals surface area contributed by atoms with Crippen LogP contribution in [0, 0.1) is 31.3 Å². The molecule has 4 heterocycles. The van der Waals surface area contributed by atoms with E-state index in [4.69, 9.17) is 4.74 Å². The Bertz CT molecular complexity index is 1370. The molecule has 0 spiro atoms. The number of aryl methyl sites for hydroxylation is 1. The number of aldehydes is 1. The van der Waals surface area contributed by atoms with Gasteiger partial charge in [0.25, 0.3) is 0 Å². The van der Waals surface area contributed by atoms with Crippen LogP contribution in [0.3, 0.4) is 0 Å². The molecule has 0 aliphatic carbocycles. The van der Waals surface area contributed by atoms with Crippen molar-refractivity contribution >= 4 is 18.5 Å². The lowest BCUT2D eigenvalue weighted by atomic mass is 10.0. The van der Waals surface area contributed by atoms with E-state index in [1.807, 2.05) is 0 Å². The minimum absolute atomic E-state index is 0.0652. The van der Waals surface area contributed by atoms with Crippen molar-refractivity contribution in [1.82, 2.24) is 24.7 Å². The molecule has 0 bridgehead atoms. The lowest BCUT2D eigenvalue weighted by Crippen LogP contribution is -2.58. The molecule has 1 atom stereocenters. The van der Waals surface area contributed by atoms with E-state index in [9.17, 15) is 22.8 Å². The summed E-state index contributed by atoms with van der Waals surface area (Å²) in [6, 6.07) is 3.43. The standard InChI is InChI=1S/C24H21F3N6O3/c1-13-19(12-34)14(2)32(30-13)23-8-22(20(27)9-28-23)36-18-10-31(11-18)24(35)33-21(3-4-29-33)15-5-16(25)7-17(26)6-15/h4-9,12,18,21H,3,10-11H2,1-2H3/t21-/m0/s1. The van der Waals surface area contributed by atoms with E-state index in [2.05, 4.69) is 15.2 Å². The average molecular weight is 498 g/mol. The van der Waals surface area contributed by atoms with Crippen LogP contribution in [0.2, 0.25) is 0 Å². The monoisotopic (exact) mass is 498 g/mol. The molecule has 0 N–H and O–H groups in total. The van der Waals surface area contributed by atoms with Crippen LogP contribution in [0.15, 0.2) is 35.6 Å². The number of carbonyl (C=O) groups excluding carboxylic acids is 2. The van der Waals surface area contributed by atoms with Crippen molar-refractivity contribution in [2.75, 3.05) is 13.1 Å². The van der Waals surface area contributed by atoms with E-state index in [0.29, 0.717) is 35.2 Å². The Balaban J connectivity index is 1.26.